The number of pyridine rings is 1. The maximum Gasteiger partial charge on any atom is 0.170 e. The molecule has 0 aliphatic heterocycles. The Hall–Kier alpha value is -2.60. The monoisotopic (exact) mass is 286 g/mol. The highest BCUT2D eigenvalue weighted by atomic mass is 16.4. The number of hydrogen-bond donors (Lipinski definition) is 3. The number of aliphatic hydroxyl groups excluding tert-OH is 1. The topological polar surface area (TPSA) is 95.0 Å². The molecule has 6 nitrogen and oxygen atoms in total. The van der Waals surface area contributed by atoms with Crippen LogP contribution < -0.4 is 10.6 Å². The van der Waals surface area contributed by atoms with Gasteiger partial charge in [0.25, 0.3) is 0 Å². The van der Waals surface area contributed by atoms with Gasteiger partial charge in [-0.15, -0.1) is 0 Å². The van der Waals surface area contributed by atoms with Gasteiger partial charge >= 0.3 is 0 Å². The van der Waals surface area contributed by atoms with Gasteiger partial charge in [-0.3, -0.25) is 0 Å². The van der Waals surface area contributed by atoms with E-state index in [1.165, 1.54) is 0 Å². The van der Waals surface area contributed by atoms with Crippen molar-refractivity contribution in [3.63, 3.8) is 0 Å². The average Bonchev–Trinajstić information content (AvgIpc) is 2.55. The van der Waals surface area contributed by atoms with Gasteiger partial charge in [-0.25, -0.2) is 4.98 Å². The quantitative estimate of drug-likeness (QED) is 0.321. The molecule has 1 aromatic carbocycles. The Bertz CT molecular complexity index is 602. The molecule has 2 aromatic rings. The van der Waals surface area contributed by atoms with Crippen molar-refractivity contribution in [2.75, 3.05) is 18.1 Å². The Balaban J connectivity index is 2.25. The number of benzene rings is 1. The van der Waals surface area contributed by atoms with Crippen LogP contribution in [0.3, 0.4) is 0 Å². The Morgan fingerprint density at radius 2 is 2.00 bits per heavy atom. The Labute approximate surface area is 123 Å². The molecular formula is C15H18N4O2. The Morgan fingerprint density at radius 1 is 1.24 bits per heavy atom. The highest BCUT2D eigenvalue weighted by molar-refractivity contribution is 5.97. The molecule has 1 aromatic heterocycles. The summed E-state index contributed by atoms with van der Waals surface area (Å²) in [5.41, 5.74) is 7.29. The van der Waals surface area contributed by atoms with Crippen LogP contribution in [0.2, 0.25) is 0 Å². The third-order valence-electron chi connectivity index (χ3n) is 3.06. The first-order valence-corrected chi connectivity index (χ1v) is 6.58. The van der Waals surface area contributed by atoms with Gasteiger partial charge in [0.1, 0.15) is 5.82 Å². The fraction of sp³-hybridized carbons (Fsp3) is 0.200. The molecule has 0 bridgehead atoms. The van der Waals surface area contributed by atoms with Crippen molar-refractivity contribution in [3.05, 3.63) is 59.8 Å². The molecule has 0 saturated carbocycles. The third kappa shape index (κ3) is 3.93. The zero-order valence-electron chi connectivity index (χ0n) is 11.6. The summed E-state index contributed by atoms with van der Waals surface area (Å²) in [7, 11) is 0. The number of hydrogen-bond acceptors (Lipinski definition) is 5. The van der Waals surface area contributed by atoms with Crippen LogP contribution in [0.1, 0.15) is 11.1 Å². The lowest BCUT2D eigenvalue weighted by atomic mass is 10.2. The van der Waals surface area contributed by atoms with Gasteiger partial charge in [-0.05, 0) is 17.7 Å². The number of nitrogens with zero attached hydrogens (tertiary/aromatic N) is 3. The van der Waals surface area contributed by atoms with Crippen molar-refractivity contribution < 1.29 is 10.3 Å². The van der Waals surface area contributed by atoms with Crippen molar-refractivity contribution >= 4 is 11.7 Å². The van der Waals surface area contributed by atoms with E-state index in [1.54, 1.807) is 18.3 Å². The summed E-state index contributed by atoms with van der Waals surface area (Å²) in [6.07, 6.45) is 1.60. The summed E-state index contributed by atoms with van der Waals surface area (Å²) < 4.78 is 0. The maximum absolute atomic E-state index is 9.24. The van der Waals surface area contributed by atoms with E-state index in [4.69, 9.17) is 10.9 Å². The minimum atomic E-state index is 0.0162. The zero-order chi connectivity index (χ0) is 15.1. The minimum Gasteiger partial charge on any atom is -0.409 e. The van der Waals surface area contributed by atoms with Crippen molar-refractivity contribution in [2.45, 2.75) is 6.54 Å². The first-order chi connectivity index (χ1) is 10.2. The number of oxime groups is 1. The number of aliphatic hydroxyl groups is 1. The molecule has 0 aliphatic carbocycles. The van der Waals surface area contributed by atoms with E-state index in [1.807, 2.05) is 35.2 Å². The normalized spacial score (nSPS) is 11.4. The largest absolute Gasteiger partial charge is 0.409 e. The van der Waals surface area contributed by atoms with Gasteiger partial charge in [0.15, 0.2) is 5.84 Å². The SMILES string of the molecule is NC(=NO)c1ccnc(N(CCO)Cc2ccccc2)c1. The second kappa shape index (κ2) is 7.25. The van der Waals surface area contributed by atoms with Crippen molar-refractivity contribution in [1.29, 1.82) is 0 Å². The van der Waals surface area contributed by atoms with E-state index in [2.05, 4.69) is 10.1 Å². The molecule has 0 saturated heterocycles. The highest BCUT2D eigenvalue weighted by Gasteiger charge is 2.10. The first kappa shape index (κ1) is 14.8. The van der Waals surface area contributed by atoms with Gasteiger partial charge < -0.3 is 20.9 Å². The van der Waals surface area contributed by atoms with Crippen molar-refractivity contribution in [1.82, 2.24) is 4.98 Å². The van der Waals surface area contributed by atoms with Crippen LogP contribution in [0.15, 0.2) is 53.8 Å². The second-order valence-corrected chi connectivity index (χ2v) is 4.52. The molecule has 0 amide bonds. The second-order valence-electron chi connectivity index (χ2n) is 4.52. The molecule has 1 heterocycles. The number of anilines is 1. The van der Waals surface area contributed by atoms with Crippen LogP contribution in [0.5, 0.6) is 0 Å². The van der Waals surface area contributed by atoms with Crippen LogP contribution in [0, 0.1) is 0 Å². The molecule has 2 rings (SSSR count). The zero-order valence-corrected chi connectivity index (χ0v) is 11.6. The van der Waals surface area contributed by atoms with E-state index in [0.717, 1.165) is 5.56 Å². The van der Waals surface area contributed by atoms with Gasteiger partial charge in [-0.1, -0.05) is 35.5 Å². The molecule has 0 fully saturated rings. The molecular weight excluding hydrogens is 268 g/mol. The van der Waals surface area contributed by atoms with Gasteiger partial charge in [0.2, 0.25) is 0 Å². The van der Waals surface area contributed by atoms with E-state index >= 15 is 0 Å². The fourth-order valence-corrected chi connectivity index (χ4v) is 2.01. The molecule has 0 aliphatic rings. The lowest BCUT2D eigenvalue weighted by Crippen LogP contribution is -2.27. The number of aromatic nitrogens is 1. The number of amidine groups is 1. The predicted molar refractivity (Wildman–Crippen MR) is 81.3 cm³/mol. The van der Waals surface area contributed by atoms with Gasteiger partial charge in [0.05, 0.1) is 6.61 Å². The predicted octanol–water partition coefficient (Wildman–Crippen LogP) is 1.17. The summed E-state index contributed by atoms with van der Waals surface area (Å²) in [5, 5.41) is 21.0. The van der Waals surface area contributed by atoms with Crippen LogP contribution in [-0.4, -0.2) is 34.3 Å². The van der Waals surface area contributed by atoms with E-state index < -0.39 is 0 Å². The smallest absolute Gasteiger partial charge is 0.170 e. The van der Waals surface area contributed by atoms with Crippen LogP contribution in [-0.2, 0) is 6.54 Å². The van der Waals surface area contributed by atoms with E-state index in [0.29, 0.717) is 24.5 Å². The summed E-state index contributed by atoms with van der Waals surface area (Å²) in [6, 6.07) is 13.3. The molecule has 0 spiro atoms. The van der Waals surface area contributed by atoms with Crippen molar-refractivity contribution in [2.24, 2.45) is 10.9 Å². The highest BCUT2D eigenvalue weighted by Crippen LogP contribution is 2.15. The molecule has 0 atom stereocenters. The lowest BCUT2D eigenvalue weighted by molar-refractivity contribution is 0.301. The molecule has 21 heavy (non-hydrogen) atoms. The average molecular weight is 286 g/mol. The third-order valence-corrected chi connectivity index (χ3v) is 3.06. The molecule has 6 heteroatoms. The minimum absolute atomic E-state index is 0.0162. The summed E-state index contributed by atoms with van der Waals surface area (Å²) in [5.74, 6) is 0.694. The summed E-state index contributed by atoms with van der Waals surface area (Å²) in [4.78, 5) is 6.23. The van der Waals surface area contributed by atoms with Crippen LogP contribution in [0.25, 0.3) is 0 Å². The van der Waals surface area contributed by atoms with E-state index in [-0.39, 0.29) is 12.4 Å². The molecule has 4 N–H and O–H groups in total. The number of nitrogens with two attached hydrogens (primary N) is 1. The lowest BCUT2D eigenvalue weighted by Gasteiger charge is -2.23. The first-order valence-electron chi connectivity index (χ1n) is 6.58. The van der Waals surface area contributed by atoms with Crippen LogP contribution >= 0.6 is 0 Å². The van der Waals surface area contributed by atoms with Gasteiger partial charge in [-0.2, -0.15) is 0 Å². The van der Waals surface area contributed by atoms with E-state index in [9.17, 15) is 5.11 Å². The Morgan fingerprint density at radius 3 is 2.67 bits per heavy atom. The number of rotatable bonds is 6. The summed E-state index contributed by atoms with van der Waals surface area (Å²) >= 11 is 0. The molecule has 0 unspecified atom stereocenters. The fourth-order valence-electron chi connectivity index (χ4n) is 2.01. The summed E-state index contributed by atoms with van der Waals surface area (Å²) in [6.45, 7) is 1.08. The standard InChI is InChI=1S/C15H18N4O2/c16-15(18-21)13-6-7-17-14(10-13)19(8-9-20)11-12-4-2-1-3-5-12/h1-7,10,20-21H,8-9,11H2,(H2,16,18). The van der Waals surface area contributed by atoms with Gasteiger partial charge in [0, 0.05) is 24.8 Å². The molecule has 110 valence electrons. The maximum atomic E-state index is 9.24. The molecule has 0 radical (unpaired) electrons. The Kier molecular flexibility index (Phi) is 5.11. The van der Waals surface area contributed by atoms with Crippen LogP contribution in [0.4, 0.5) is 5.82 Å². The van der Waals surface area contributed by atoms with Crippen molar-refractivity contribution in [3.8, 4) is 0 Å².